The van der Waals surface area contributed by atoms with Crippen LogP contribution in [0.1, 0.15) is 44.0 Å². The van der Waals surface area contributed by atoms with E-state index in [1.807, 2.05) is 11.0 Å². The van der Waals surface area contributed by atoms with Crippen LogP contribution in [0.5, 0.6) is 0 Å². The lowest BCUT2D eigenvalue weighted by molar-refractivity contribution is 0.196. The van der Waals surface area contributed by atoms with Crippen LogP contribution in [-0.4, -0.2) is 62.3 Å². The van der Waals surface area contributed by atoms with E-state index in [0.717, 1.165) is 67.3 Å². The molecule has 1 unspecified atom stereocenters. The third-order valence-electron chi connectivity index (χ3n) is 7.68. The first kappa shape index (κ1) is 25.2. The summed E-state index contributed by atoms with van der Waals surface area (Å²) < 4.78 is 2.05. The quantitative estimate of drug-likeness (QED) is 0.537. The Morgan fingerprint density at radius 2 is 1.92 bits per heavy atom. The van der Waals surface area contributed by atoms with Gasteiger partial charge in [-0.3, -0.25) is 9.58 Å². The molecule has 2 N–H and O–H groups in total. The molecule has 1 fully saturated rings. The van der Waals surface area contributed by atoms with Gasteiger partial charge in [0.05, 0.1) is 17.9 Å². The Balaban J connectivity index is 1.21. The molecule has 3 aromatic rings. The number of nitrogens with zero attached hydrogens (tertiary/aromatic N) is 6. The fourth-order valence-electron chi connectivity index (χ4n) is 5.16. The minimum atomic E-state index is 0.0225. The van der Waals surface area contributed by atoms with Crippen LogP contribution in [0.25, 0.3) is 11.3 Å². The predicted octanol–water partition coefficient (Wildman–Crippen LogP) is 4.42. The molecule has 0 spiro atoms. The van der Waals surface area contributed by atoms with Crippen molar-refractivity contribution in [2.45, 2.75) is 53.8 Å². The minimum Gasteiger partial charge on any atom is -0.334 e. The molecule has 2 aromatic heterocycles. The summed E-state index contributed by atoms with van der Waals surface area (Å²) in [6.45, 7) is 13.8. The number of fused-ring (bicyclic) bond motifs is 1. The van der Waals surface area contributed by atoms with Crippen LogP contribution in [0, 0.1) is 18.3 Å². The van der Waals surface area contributed by atoms with Crippen LogP contribution in [-0.2, 0) is 19.6 Å². The number of carbonyl (C=O) groups excluding carboxylic acids is 1. The van der Waals surface area contributed by atoms with Crippen molar-refractivity contribution in [3.8, 4) is 11.3 Å². The first-order chi connectivity index (χ1) is 17.7. The molecule has 2 amide bonds. The van der Waals surface area contributed by atoms with E-state index in [1.165, 1.54) is 5.69 Å². The highest BCUT2D eigenvalue weighted by atomic mass is 16.2. The molecule has 2 aliphatic heterocycles. The molecule has 1 aromatic carbocycles. The number of carbonyl (C=O) groups is 1. The smallest absolute Gasteiger partial charge is 0.317 e. The van der Waals surface area contributed by atoms with E-state index in [1.54, 1.807) is 6.33 Å². The summed E-state index contributed by atoms with van der Waals surface area (Å²) >= 11 is 0. The molecule has 0 bridgehead atoms. The Morgan fingerprint density at radius 3 is 2.68 bits per heavy atom. The lowest BCUT2D eigenvalue weighted by atomic mass is 9.80. The van der Waals surface area contributed by atoms with Crippen molar-refractivity contribution < 1.29 is 4.79 Å². The Labute approximate surface area is 219 Å². The number of hydrogen-bond donors (Lipinski definition) is 2. The molecule has 37 heavy (non-hydrogen) atoms. The molecule has 5 rings (SSSR count). The normalized spacial score (nSPS) is 18.1. The van der Waals surface area contributed by atoms with Crippen LogP contribution in [0.15, 0.2) is 36.7 Å². The van der Waals surface area contributed by atoms with E-state index < -0.39 is 0 Å². The maximum absolute atomic E-state index is 12.7. The van der Waals surface area contributed by atoms with Crippen molar-refractivity contribution in [3.05, 3.63) is 53.5 Å². The number of likely N-dealkylation sites (N-methyl/N-ethyl adjacent to an activating group) is 1. The molecule has 0 aliphatic carbocycles. The SMILES string of the molecule is Cc1cc(-c2cc(Nc3cc4n(n3)CCN(C)C4)ncn2)ccc1CNC(=O)N1CCC(C(C)(C)C)C1. The number of aryl methyl sites for hydroxylation is 1. The number of urea groups is 1. The summed E-state index contributed by atoms with van der Waals surface area (Å²) in [4.78, 5) is 25.9. The zero-order valence-corrected chi connectivity index (χ0v) is 22.6. The average molecular weight is 503 g/mol. The van der Waals surface area contributed by atoms with Crippen LogP contribution in [0.4, 0.5) is 16.4 Å². The number of aromatic nitrogens is 4. The molecule has 2 aliphatic rings. The summed E-state index contributed by atoms with van der Waals surface area (Å²) in [5.41, 5.74) is 5.49. The standard InChI is InChI=1S/C28H38N8O/c1-19-12-20(6-7-21(19)15-29-27(37)35-9-8-22(16-35)28(2,3)4)24-14-25(31-18-30-24)32-26-13-23-17-34(5)10-11-36(23)33-26/h6-7,12-14,18,22H,8-11,15-17H2,1-5H3,(H,29,37)(H,30,31,32,33). The summed E-state index contributed by atoms with van der Waals surface area (Å²) in [5, 5.41) is 11.1. The van der Waals surface area contributed by atoms with E-state index in [0.29, 0.717) is 18.3 Å². The predicted molar refractivity (Wildman–Crippen MR) is 145 cm³/mol. The minimum absolute atomic E-state index is 0.0225. The summed E-state index contributed by atoms with van der Waals surface area (Å²) in [5.74, 6) is 2.05. The second-order valence-corrected chi connectivity index (χ2v) is 11.5. The third-order valence-corrected chi connectivity index (χ3v) is 7.68. The van der Waals surface area contributed by atoms with Gasteiger partial charge >= 0.3 is 6.03 Å². The van der Waals surface area contributed by atoms with Crippen LogP contribution >= 0.6 is 0 Å². The van der Waals surface area contributed by atoms with Gasteiger partial charge in [-0.05, 0) is 48.9 Å². The molecule has 9 nitrogen and oxygen atoms in total. The van der Waals surface area contributed by atoms with Crippen LogP contribution in [0.2, 0.25) is 0 Å². The van der Waals surface area contributed by atoms with Crippen molar-refractivity contribution >= 4 is 17.7 Å². The van der Waals surface area contributed by atoms with Gasteiger partial charge in [-0.2, -0.15) is 5.10 Å². The number of likely N-dealkylation sites (tertiary alicyclic amines) is 1. The zero-order chi connectivity index (χ0) is 26.2. The number of amides is 2. The van der Waals surface area contributed by atoms with Gasteiger partial charge in [0.1, 0.15) is 12.1 Å². The molecular weight excluding hydrogens is 464 g/mol. The zero-order valence-electron chi connectivity index (χ0n) is 22.6. The van der Waals surface area contributed by atoms with Gasteiger partial charge in [0.2, 0.25) is 0 Å². The van der Waals surface area contributed by atoms with Gasteiger partial charge in [-0.25, -0.2) is 14.8 Å². The molecule has 0 radical (unpaired) electrons. The van der Waals surface area contributed by atoms with E-state index >= 15 is 0 Å². The van der Waals surface area contributed by atoms with Crippen molar-refractivity contribution in [2.24, 2.45) is 11.3 Å². The molecule has 4 heterocycles. The third kappa shape index (κ3) is 5.77. The Kier molecular flexibility index (Phi) is 6.90. The molecular formula is C28H38N8O. The Hall–Kier alpha value is -3.46. The topological polar surface area (TPSA) is 91.2 Å². The molecule has 1 saturated heterocycles. The summed E-state index contributed by atoms with van der Waals surface area (Å²) in [6.07, 6.45) is 2.65. The number of hydrogen-bond acceptors (Lipinski definition) is 6. The van der Waals surface area contributed by atoms with E-state index in [-0.39, 0.29) is 11.4 Å². The van der Waals surface area contributed by atoms with E-state index in [2.05, 4.69) is 94.3 Å². The lowest BCUT2D eigenvalue weighted by Gasteiger charge is -2.27. The highest BCUT2D eigenvalue weighted by Crippen LogP contribution is 2.33. The monoisotopic (exact) mass is 502 g/mol. The first-order valence-corrected chi connectivity index (χ1v) is 13.1. The van der Waals surface area contributed by atoms with Gasteiger partial charge in [-0.15, -0.1) is 0 Å². The Bertz CT molecular complexity index is 1280. The van der Waals surface area contributed by atoms with Crippen LogP contribution < -0.4 is 10.6 Å². The summed E-state index contributed by atoms with van der Waals surface area (Å²) in [7, 11) is 2.12. The van der Waals surface area contributed by atoms with E-state index in [9.17, 15) is 4.79 Å². The molecule has 1 atom stereocenters. The van der Waals surface area contributed by atoms with Gasteiger partial charge in [0.25, 0.3) is 0 Å². The number of anilines is 2. The maximum Gasteiger partial charge on any atom is 0.317 e. The number of rotatable bonds is 5. The second-order valence-electron chi connectivity index (χ2n) is 11.5. The first-order valence-electron chi connectivity index (χ1n) is 13.1. The lowest BCUT2D eigenvalue weighted by Crippen LogP contribution is -2.39. The second kappa shape index (κ2) is 10.1. The fraction of sp³-hybridized carbons (Fsp3) is 0.500. The van der Waals surface area contributed by atoms with E-state index in [4.69, 9.17) is 0 Å². The maximum atomic E-state index is 12.7. The average Bonchev–Trinajstić information content (AvgIpc) is 3.50. The summed E-state index contributed by atoms with van der Waals surface area (Å²) in [6, 6.07) is 10.3. The molecule has 9 heteroatoms. The highest BCUT2D eigenvalue weighted by molar-refractivity contribution is 5.74. The molecule has 0 saturated carbocycles. The number of nitrogens with one attached hydrogen (secondary N) is 2. The van der Waals surface area contributed by atoms with Crippen molar-refractivity contribution in [1.82, 2.24) is 34.9 Å². The van der Waals surface area contributed by atoms with Gasteiger partial charge in [0.15, 0.2) is 5.82 Å². The Morgan fingerprint density at radius 1 is 1.08 bits per heavy atom. The fourth-order valence-corrected chi connectivity index (χ4v) is 5.16. The van der Waals surface area contributed by atoms with Crippen LogP contribution in [0.3, 0.4) is 0 Å². The highest BCUT2D eigenvalue weighted by Gasteiger charge is 2.33. The van der Waals surface area contributed by atoms with Crippen molar-refractivity contribution in [2.75, 3.05) is 32.0 Å². The van der Waals surface area contributed by atoms with Crippen molar-refractivity contribution in [3.63, 3.8) is 0 Å². The molecule has 196 valence electrons. The van der Waals surface area contributed by atoms with Crippen molar-refractivity contribution in [1.29, 1.82) is 0 Å². The number of benzene rings is 1. The van der Waals surface area contributed by atoms with Gasteiger partial charge in [0, 0.05) is 50.4 Å². The van der Waals surface area contributed by atoms with Gasteiger partial charge in [-0.1, -0.05) is 32.9 Å². The van der Waals surface area contributed by atoms with Gasteiger partial charge < -0.3 is 15.5 Å². The largest absolute Gasteiger partial charge is 0.334 e.